The summed E-state index contributed by atoms with van der Waals surface area (Å²) in [5, 5.41) is 15.0. The van der Waals surface area contributed by atoms with Crippen molar-refractivity contribution in [1.29, 1.82) is 0 Å². The maximum Gasteiger partial charge on any atom is 0.274 e. The molecule has 2 amide bonds. The molecule has 1 aliphatic rings. The molecule has 2 aromatic heterocycles. The van der Waals surface area contributed by atoms with Crippen LogP contribution in [0.4, 0.5) is 4.39 Å². The zero-order valence-electron chi connectivity index (χ0n) is 20.8. The van der Waals surface area contributed by atoms with Crippen molar-refractivity contribution in [2.75, 3.05) is 19.6 Å². The van der Waals surface area contributed by atoms with E-state index in [2.05, 4.69) is 10.1 Å². The molecule has 1 fully saturated rings. The van der Waals surface area contributed by atoms with Gasteiger partial charge in [0.05, 0.1) is 11.9 Å². The van der Waals surface area contributed by atoms with Crippen molar-refractivity contribution in [1.82, 2.24) is 24.4 Å². The summed E-state index contributed by atoms with van der Waals surface area (Å²) in [4.78, 5) is 34.0. The molecule has 1 aromatic carbocycles. The van der Waals surface area contributed by atoms with Crippen LogP contribution in [0, 0.1) is 11.2 Å². The third kappa shape index (κ3) is 4.91. The summed E-state index contributed by atoms with van der Waals surface area (Å²) < 4.78 is 15.0. The van der Waals surface area contributed by atoms with Gasteiger partial charge in [-0.15, -0.1) is 0 Å². The Labute approximate surface area is 204 Å². The number of rotatable bonds is 4. The van der Waals surface area contributed by atoms with Crippen LogP contribution in [0.3, 0.4) is 0 Å². The number of amides is 2. The molecule has 0 bridgehead atoms. The van der Waals surface area contributed by atoms with Crippen LogP contribution >= 0.6 is 0 Å². The van der Waals surface area contributed by atoms with Crippen molar-refractivity contribution in [2.45, 2.75) is 53.2 Å². The second-order valence-corrected chi connectivity index (χ2v) is 10.2. The van der Waals surface area contributed by atoms with E-state index < -0.39 is 11.5 Å². The van der Waals surface area contributed by atoms with Crippen molar-refractivity contribution < 1.29 is 19.1 Å². The first-order chi connectivity index (χ1) is 16.5. The van der Waals surface area contributed by atoms with Crippen LogP contribution in [-0.4, -0.2) is 73.1 Å². The first kappa shape index (κ1) is 24.8. The first-order valence-corrected chi connectivity index (χ1v) is 11.9. The minimum Gasteiger partial charge on any atom is -0.383 e. The molecule has 186 valence electrons. The molecule has 0 unspecified atom stereocenters. The van der Waals surface area contributed by atoms with Gasteiger partial charge < -0.3 is 14.9 Å². The maximum absolute atomic E-state index is 13.3. The van der Waals surface area contributed by atoms with Gasteiger partial charge in [-0.2, -0.15) is 5.10 Å². The average molecular weight is 482 g/mol. The Hall–Kier alpha value is -3.33. The maximum atomic E-state index is 13.3. The number of imidazole rings is 1. The Kier molecular flexibility index (Phi) is 6.64. The number of aromatic nitrogens is 3. The van der Waals surface area contributed by atoms with E-state index in [1.165, 1.54) is 12.1 Å². The molecule has 1 N–H and O–H groups in total. The number of benzene rings is 1. The van der Waals surface area contributed by atoms with Crippen LogP contribution in [-0.2, 0) is 11.2 Å². The Morgan fingerprint density at radius 3 is 2.49 bits per heavy atom. The molecule has 0 spiro atoms. The largest absolute Gasteiger partial charge is 0.383 e. The van der Waals surface area contributed by atoms with Crippen LogP contribution in [0.5, 0.6) is 0 Å². The number of halogens is 1. The van der Waals surface area contributed by atoms with Gasteiger partial charge in [0.15, 0.2) is 5.65 Å². The third-order valence-electron chi connectivity index (χ3n) is 6.49. The van der Waals surface area contributed by atoms with Gasteiger partial charge in [0.25, 0.3) is 11.8 Å². The molecule has 2 atom stereocenters. The highest BCUT2D eigenvalue weighted by atomic mass is 19.1. The number of nitrogens with zero attached hydrogens (tertiary/aromatic N) is 5. The zero-order valence-corrected chi connectivity index (χ0v) is 20.8. The number of hydrogen-bond donors (Lipinski definition) is 1. The van der Waals surface area contributed by atoms with Crippen LogP contribution < -0.4 is 0 Å². The summed E-state index contributed by atoms with van der Waals surface area (Å²) >= 11 is 0. The van der Waals surface area contributed by atoms with E-state index in [9.17, 15) is 19.1 Å². The number of carbonyl (C=O) groups is 2. The Balaban J connectivity index is 1.55. The highest BCUT2D eigenvalue weighted by molar-refractivity contribution is 5.93. The van der Waals surface area contributed by atoms with Gasteiger partial charge >= 0.3 is 0 Å². The Morgan fingerprint density at radius 1 is 1.20 bits per heavy atom. The molecule has 3 aromatic rings. The molecular weight excluding hydrogens is 449 g/mol. The molecule has 0 aliphatic carbocycles. The van der Waals surface area contributed by atoms with E-state index in [1.54, 1.807) is 32.6 Å². The summed E-state index contributed by atoms with van der Waals surface area (Å²) in [7, 11) is 0. The van der Waals surface area contributed by atoms with Crippen molar-refractivity contribution in [3.05, 3.63) is 53.6 Å². The summed E-state index contributed by atoms with van der Waals surface area (Å²) in [6.45, 7) is 10.4. The molecule has 0 saturated carbocycles. The predicted octanol–water partition coefficient (Wildman–Crippen LogP) is 3.18. The number of fused-ring (bicyclic) bond motifs is 1. The van der Waals surface area contributed by atoms with E-state index in [0.717, 1.165) is 11.1 Å². The molecule has 0 radical (unpaired) electrons. The zero-order chi connectivity index (χ0) is 25.5. The number of piperazine rings is 1. The lowest BCUT2D eigenvalue weighted by atomic mass is 9.88. The molecule has 35 heavy (non-hydrogen) atoms. The first-order valence-electron chi connectivity index (χ1n) is 11.9. The molecule has 3 heterocycles. The van der Waals surface area contributed by atoms with Crippen molar-refractivity contribution in [2.24, 2.45) is 5.41 Å². The fourth-order valence-corrected chi connectivity index (χ4v) is 4.32. The average Bonchev–Trinajstić information content (AvgIpc) is 3.26. The lowest BCUT2D eigenvalue weighted by molar-refractivity contribution is -0.149. The van der Waals surface area contributed by atoms with E-state index in [-0.39, 0.29) is 29.4 Å². The quantitative estimate of drug-likeness (QED) is 0.618. The van der Waals surface area contributed by atoms with Crippen LogP contribution in [0.15, 0.2) is 36.5 Å². The molecule has 8 nitrogen and oxygen atoms in total. The lowest BCUT2D eigenvalue weighted by Crippen LogP contribution is -2.58. The van der Waals surface area contributed by atoms with Crippen LogP contribution in [0.1, 0.15) is 50.7 Å². The van der Waals surface area contributed by atoms with Gasteiger partial charge in [-0.25, -0.2) is 13.9 Å². The smallest absolute Gasteiger partial charge is 0.274 e. The van der Waals surface area contributed by atoms with Crippen molar-refractivity contribution >= 4 is 17.5 Å². The topological polar surface area (TPSA) is 91.0 Å². The van der Waals surface area contributed by atoms with Gasteiger partial charge in [0, 0.05) is 31.2 Å². The van der Waals surface area contributed by atoms with Gasteiger partial charge in [0.2, 0.25) is 0 Å². The summed E-state index contributed by atoms with van der Waals surface area (Å²) in [6, 6.07) is 7.80. The number of aryl methyl sites for hydroxylation is 1. The summed E-state index contributed by atoms with van der Waals surface area (Å²) in [5.74, 6) is -0.851. The SMILES string of the molecule is CCc1cc(-c2ccc(F)cc2)nn2cc(C(=O)N3CCN(C(=O)[C@H](O)C(C)(C)C)[C@@H](C)C3)nc12. The molecule has 9 heteroatoms. The monoisotopic (exact) mass is 481 g/mol. The molecular formula is C26H32FN5O3. The lowest BCUT2D eigenvalue weighted by Gasteiger charge is -2.41. The second-order valence-electron chi connectivity index (χ2n) is 10.2. The Bertz CT molecular complexity index is 1250. The highest BCUT2D eigenvalue weighted by Crippen LogP contribution is 2.24. The predicted molar refractivity (Wildman–Crippen MR) is 130 cm³/mol. The van der Waals surface area contributed by atoms with Gasteiger partial charge in [0.1, 0.15) is 17.6 Å². The van der Waals surface area contributed by atoms with Gasteiger partial charge in [-0.3, -0.25) is 9.59 Å². The second kappa shape index (κ2) is 9.37. The van der Waals surface area contributed by atoms with E-state index >= 15 is 0 Å². The third-order valence-corrected chi connectivity index (χ3v) is 6.49. The van der Waals surface area contributed by atoms with Crippen molar-refractivity contribution in [3.63, 3.8) is 0 Å². The fourth-order valence-electron chi connectivity index (χ4n) is 4.32. The van der Waals surface area contributed by atoms with E-state index in [4.69, 9.17) is 0 Å². The van der Waals surface area contributed by atoms with Crippen molar-refractivity contribution in [3.8, 4) is 11.3 Å². The molecule has 4 rings (SSSR count). The van der Waals surface area contributed by atoms with E-state index in [0.29, 0.717) is 37.4 Å². The fraction of sp³-hybridized carbons (Fsp3) is 0.462. The molecule has 1 aliphatic heterocycles. The summed E-state index contributed by atoms with van der Waals surface area (Å²) in [6.07, 6.45) is 1.22. The minimum absolute atomic E-state index is 0.226. The van der Waals surface area contributed by atoms with E-state index in [1.807, 2.05) is 40.7 Å². The highest BCUT2D eigenvalue weighted by Gasteiger charge is 2.37. The standard InChI is InChI=1S/C26H32FN5O3/c1-6-17-13-20(18-7-9-19(27)10-8-18)29-32-15-21(28-23(17)32)24(34)30-11-12-31(16(2)14-30)25(35)22(33)26(3,4)5/h7-10,13,15-16,22,33H,6,11-12,14H2,1-5H3/t16-,22-/m0/s1. The van der Waals surface area contributed by atoms with Gasteiger partial charge in [-0.05, 0) is 54.7 Å². The Morgan fingerprint density at radius 2 is 1.89 bits per heavy atom. The number of aliphatic hydroxyl groups excluding tert-OH is 1. The number of hydrogen-bond acceptors (Lipinski definition) is 5. The number of aliphatic hydroxyl groups is 1. The summed E-state index contributed by atoms with van der Waals surface area (Å²) in [5.41, 5.74) is 2.71. The molecule has 1 saturated heterocycles. The minimum atomic E-state index is -1.10. The van der Waals surface area contributed by atoms with Crippen LogP contribution in [0.2, 0.25) is 0 Å². The number of carbonyl (C=O) groups excluding carboxylic acids is 2. The van der Waals surface area contributed by atoms with Gasteiger partial charge in [-0.1, -0.05) is 27.7 Å². The normalized spacial score (nSPS) is 17.6. The van der Waals surface area contributed by atoms with Crippen LogP contribution in [0.25, 0.3) is 16.9 Å².